The average molecular weight is 380 g/mol. The van der Waals surface area contributed by atoms with Crippen molar-refractivity contribution in [3.8, 4) is 0 Å². The van der Waals surface area contributed by atoms with Gasteiger partial charge in [-0.15, -0.1) is 0 Å². The van der Waals surface area contributed by atoms with E-state index in [9.17, 15) is 17.6 Å². The zero-order valence-electron chi connectivity index (χ0n) is 14.4. The zero-order chi connectivity index (χ0) is 18.7. The molecule has 1 aromatic heterocycles. The fraction of sp³-hybridized carbons (Fsp3) is 0.412. The number of nitrogens with zero attached hydrogens (tertiary/aromatic N) is 3. The van der Waals surface area contributed by atoms with Crippen LogP contribution in [0.1, 0.15) is 19.8 Å². The summed E-state index contributed by atoms with van der Waals surface area (Å²) >= 11 is 0. The third-order valence-electron chi connectivity index (χ3n) is 4.45. The van der Waals surface area contributed by atoms with Gasteiger partial charge in [-0.3, -0.25) is 4.79 Å². The van der Waals surface area contributed by atoms with Crippen LogP contribution in [0, 0.1) is 11.7 Å². The Morgan fingerprint density at radius 3 is 2.73 bits per heavy atom. The van der Waals surface area contributed by atoms with Gasteiger partial charge in [0.05, 0.1) is 12.2 Å². The van der Waals surface area contributed by atoms with Crippen molar-refractivity contribution in [2.75, 3.05) is 18.4 Å². The molecule has 0 aliphatic carbocycles. The molecule has 1 aromatic carbocycles. The molecule has 0 radical (unpaired) electrons. The smallest absolute Gasteiger partial charge is 0.262 e. The summed E-state index contributed by atoms with van der Waals surface area (Å²) in [4.78, 5) is 16.4. The average Bonchev–Trinajstić information content (AvgIpc) is 3.14. The molecule has 7 nitrogen and oxygen atoms in total. The molecule has 26 heavy (non-hydrogen) atoms. The van der Waals surface area contributed by atoms with Crippen molar-refractivity contribution >= 4 is 21.6 Å². The van der Waals surface area contributed by atoms with Crippen LogP contribution in [-0.2, 0) is 21.4 Å². The highest BCUT2D eigenvalue weighted by molar-refractivity contribution is 7.89. The Hall–Kier alpha value is -2.26. The molecular formula is C17H21FN4O3S. The number of benzene rings is 1. The second kappa shape index (κ2) is 7.55. The summed E-state index contributed by atoms with van der Waals surface area (Å²) in [6.07, 6.45) is 4.17. The molecule has 0 spiro atoms. The van der Waals surface area contributed by atoms with Crippen LogP contribution < -0.4 is 5.32 Å². The van der Waals surface area contributed by atoms with E-state index in [0.29, 0.717) is 31.6 Å². The van der Waals surface area contributed by atoms with Crippen LogP contribution in [0.15, 0.2) is 41.8 Å². The van der Waals surface area contributed by atoms with Gasteiger partial charge in [-0.25, -0.2) is 17.8 Å². The van der Waals surface area contributed by atoms with Gasteiger partial charge in [0.1, 0.15) is 5.82 Å². The molecule has 1 atom stereocenters. The third-order valence-corrected chi connectivity index (χ3v) is 6.20. The van der Waals surface area contributed by atoms with Gasteiger partial charge in [0.25, 0.3) is 10.0 Å². The number of aromatic nitrogens is 2. The number of carbonyl (C=O) groups is 1. The van der Waals surface area contributed by atoms with E-state index >= 15 is 0 Å². The first-order valence-corrected chi connectivity index (χ1v) is 9.92. The van der Waals surface area contributed by atoms with Crippen LogP contribution in [-0.4, -0.2) is 41.3 Å². The van der Waals surface area contributed by atoms with Gasteiger partial charge < -0.3 is 9.88 Å². The number of carbonyl (C=O) groups excluding carboxylic acids is 1. The summed E-state index contributed by atoms with van der Waals surface area (Å²) in [5.74, 6) is -1.11. The van der Waals surface area contributed by atoms with E-state index in [1.165, 1.54) is 41.1 Å². The van der Waals surface area contributed by atoms with E-state index in [-0.39, 0.29) is 23.3 Å². The van der Waals surface area contributed by atoms with Crippen LogP contribution in [0.2, 0.25) is 0 Å². The number of anilines is 1. The van der Waals surface area contributed by atoms with Crippen LogP contribution in [0.4, 0.5) is 10.1 Å². The number of hydrogen-bond acceptors (Lipinski definition) is 4. The van der Waals surface area contributed by atoms with E-state index in [0.717, 1.165) is 0 Å². The van der Waals surface area contributed by atoms with E-state index in [1.54, 1.807) is 4.57 Å². The number of sulfonamides is 1. The summed E-state index contributed by atoms with van der Waals surface area (Å²) in [5.41, 5.74) is 0.484. The Labute approximate surface area is 151 Å². The van der Waals surface area contributed by atoms with Gasteiger partial charge in [-0.05, 0) is 44.0 Å². The highest BCUT2D eigenvalue weighted by atomic mass is 32.2. The summed E-state index contributed by atoms with van der Waals surface area (Å²) in [5, 5.41) is 2.72. The molecule has 1 saturated heterocycles. The SMILES string of the molecule is CCn1cnc(S(=O)(=O)N2CCC[C@@H](C(=O)Nc3ccc(F)cc3)C2)c1. The van der Waals surface area contributed by atoms with E-state index in [2.05, 4.69) is 10.3 Å². The minimum Gasteiger partial charge on any atom is -0.336 e. The lowest BCUT2D eigenvalue weighted by Crippen LogP contribution is -2.43. The number of halogens is 1. The molecule has 1 fully saturated rings. The van der Waals surface area contributed by atoms with Gasteiger partial charge in [0, 0.05) is 31.5 Å². The largest absolute Gasteiger partial charge is 0.336 e. The number of rotatable bonds is 5. The molecule has 3 rings (SSSR count). The molecule has 1 N–H and O–H groups in total. The van der Waals surface area contributed by atoms with E-state index in [1.807, 2.05) is 6.92 Å². The molecule has 140 valence electrons. The second-order valence-corrected chi connectivity index (χ2v) is 8.13. The van der Waals surface area contributed by atoms with Gasteiger partial charge in [0.2, 0.25) is 5.91 Å². The minimum absolute atomic E-state index is 0.000979. The van der Waals surface area contributed by atoms with Gasteiger partial charge in [-0.2, -0.15) is 4.31 Å². The molecule has 1 amide bonds. The van der Waals surface area contributed by atoms with Crippen LogP contribution in [0.25, 0.3) is 0 Å². The van der Waals surface area contributed by atoms with Crippen LogP contribution in [0.3, 0.4) is 0 Å². The maximum atomic E-state index is 13.0. The Bertz CT molecular complexity index is 880. The Kier molecular flexibility index (Phi) is 5.38. The van der Waals surface area contributed by atoms with Crippen molar-refractivity contribution in [2.45, 2.75) is 31.3 Å². The normalized spacial score (nSPS) is 18.6. The molecular weight excluding hydrogens is 359 g/mol. The first-order chi connectivity index (χ1) is 12.4. The first-order valence-electron chi connectivity index (χ1n) is 8.48. The molecule has 2 aromatic rings. The van der Waals surface area contributed by atoms with Crippen molar-refractivity contribution < 1.29 is 17.6 Å². The lowest BCUT2D eigenvalue weighted by Gasteiger charge is -2.30. The maximum absolute atomic E-state index is 13.0. The monoisotopic (exact) mass is 380 g/mol. The number of imidazole rings is 1. The molecule has 2 heterocycles. The molecule has 9 heteroatoms. The van der Waals surface area contributed by atoms with Crippen LogP contribution >= 0.6 is 0 Å². The van der Waals surface area contributed by atoms with E-state index in [4.69, 9.17) is 0 Å². The minimum atomic E-state index is -3.72. The van der Waals surface area contributed by atoms with Crippen molar-refractivity contribution in [3.63, 3.8) is 0 Å². The highest BCUT2D eigenvalue weighted by Gasteiger charge is 2.34. The fourth-order valence-electron chi connectivity index (χ4n) is 2.93. The number of aryl methyl sites for hydroxylation is 1. The summed E-state index contributed by atoms with van der Waals surface area (Å²) in [6, 6.07) is 5.47. The Morgan fingerprint density at radius 1 is 1.35 bits per heavy atom. The quantitative estimate of drug-likeness (QED) is 0.861. The lowest BCUT2D eigenvalue weighted by molar-refractivity contribution is -0.120. The topological polar surface area (TPSA) is 84.3 Å². The zero-order valence-corrected chi connectivity index (χ0v) is 15.2. The molecule has 0 unspecified atom stereocenters. The number of piperidine rings is 1. The number of hydrogen-bond donors (Lipinski definition) is 1. The van der Waals surface area contributed by atoms with Crippen LogP contribution in [0.5, 0.6) is 0 Å². The predicted molar refractivity (Wildman–Crippen MR) is 94.4 cm³/mol. The predicted octanol–water partition coefficient (Wildman–Crippen LogP) is 2.08. The van der Waals surface area contributed by atoms with Gasteiger partial charge >= 0.3 is 0 Å². The summed E-state index contributed by atoms with van der Waals surface area (Å²) in [6.45, 7) is 3.00. The van der Waals surface area contributed by atoms with Crippen molar-refractivity contribution in [1.82, 2.24) is 13.9 Å². The summed E-state index contributed by atoms with van der Waals surface area (Å²) in [7, 11) is -3.72. The highest BCUT2D eigenvalue weighted by Crippen LogP contribution is 2.24. The van der Waals surface area contributed by atoms with Crippen molar-refractivity contribution in [1.29, 1.82) is 0 Å². The van der Waals surface area contributed by atoms with Crippen molar-refractivity contribution in [3.05, 3.63) is 42.6 Å². The fourth-order valence-corrected chi connectivity index (χ4v) is 4.39. The number of amides is 1. The maximum Gasteiger partial charge on any atom is 0.262 e. The molecule has 0 saturated carbocycles. The second-order valence-electron chi connectivity index (χ2n) is 6.24. The Balaban J connectivity index is 1.70. The molecule has 1 aliphatic heterocycles. The van der Waals surface area contributed by atoms with E-state index < -0.39 is 15.9 Å². The first kappa shape index (κ1) is 18.5. The number of nitrogens with one attached hydrogen (secondary N) is 1. The van der Waals surface area contributed by atoms with Crippen molar-refractivity contribution in [2.24, 2.45) is 5.92 Å². The van der Waals surface area contributed by atoms with Gasteiger partial charge in [-0.1, -0.05) is 0 Å². The third kappa shape index (κ3) is 3.94. The molecule has 0 bridgehead atoms. The van der Waals surface area contributed by atoms with Gasteiger partial charge in [0.15, 0.2) is 5.03 Å². The lowest BCUT2D eigenvalue weighted by atomic mass is 9.99. The Morgan fingerprint density at radius 2 is 2.08 bits per heavy atom. The standard InChI is InChI=1S/C17H21FN4O3S/c1-2-21-11-16(19-12-21)26(24,25)22-9-3-4-13(10-22)17(23)20-15-7-5-14(18)6-8-15/h5-8,11-13H,2-4,9-10H2,1H3,(H,20,23)/t13-/m1/s1. The molecule has 1 aliphatic rings. The summed E-state index contributed by atoms with van der Waals surface area (Å²) < 4.78 is 41.5.